The van der Waals surface area contributed by atoms with Crippen LogP contribution in [0.15, 0.2) is 47.5 Å². The van der Waals surface area contributed by atoms with Gasteiger partial charge in [-0.25, -0.2) is 4.99 Å². The molecule has 0 bridgehead atoms. The van der Waals surface area contributed by atoms with Gasteiger partial charge in [-0.1, -0.05) is 35.3 Å². The Morgan fingerprint density at radius 3 is 2.17 bits per heavy atom. The van der Waals surface area contributed by atoms with Crippen LogP contribution in [0.2, 0.25) is 10.0 Å². The molecule has 4 N–H and O–H groups in total. The summed E-state index contributed by atoms with van der Waals surface area (Å²) in [7, 11) is 0. The molecule has 0 saturated heterocycles. The maximum Gasteiger partial charge on any atom is 0.251 e. The highest BCUT2D eigenvalue weighted by atomic mass is 127. The molecule has 1 atom stereocenters. The molecule has 0 aromatic heterocycles. The molecule has 0 radical (unpaired) electrons. The van der Waals surface area contributed by atoms with Crippen molar-refractivity contribution in [1.82, 2.24) is 16.0 Å². The zero-order valence-corrected chi connectivity index (χ0v) is 20.8. The van der Waals surface area contributed by atoms with E-state index in [2.05, 4.69) is 20.9 Å². The van der Waals surface area contributed by atoms with E-state index in [1.54, 1.807) is 30.3 Å². The molecule has 0 saturated carbocycles. The van der Waals surface area contributed by atoms with Gasteiger partial charge in [-0.3, -0.25) is 4.79 Å². The molecule has 0 aliphatic carbocycles. The number of guanidine groups is 1. The van der Waals surface area contributed by atoms with Crippen LogP contribution in [0, 0.1) is 0 Å². The number of aliphatic imine (C=N–C) groups is 1. The SMILES string of the molecule is CCNC(=O)c1ccc(CN=C(NCC)NCC(O)c2cc(Cl)cc(Cl)c2)cc1.I. The fraction of sp³-hybridized carbons (Fsp3) is 0.333. The molecule has 0 aliphatic rings. The Kier molecular flexibility index (Phi) is 12.1. The normalized spacial score (nSPS) is 12.0. The van der Waals surface area contributed by atoms with Crippen LogP contribution in [-0.4, -0.2) is 36.6 Å². The molecule has 0 fully saturated rings. The lowest BCUT2D eigenvalue weighted by atomic mass is 10.1. The highest BCUT2D eigenvalue weighted by molar-refractivity contribution is 14.0. The summed E-state index contributed by atoms with van der Waals surface area (Å²) >= 11 is 12.0. The maximum absolute atomic E-state index is 11.8. The number of hydrogen-bond donors (Lipinski definition) is 4. The van der Waals surface area contributed by atoms with Crippen molar-refractivity contribution in [3.05, 3.63) is 69.2 Å². The third-order valence-electron chi connectivity index (χ3n) is 4.05. The molecular weight excluding hydrogens is 538 g/mol. The molecule has 2 rings (SSSR count). The maximum atomic E-state index is 11.8. The number of halogens is 3. The Morgan fingerprint density at radius 2 is 1.60 bits per heavy atom. The van der Waals surface area contributed by atoms with Gasteiger partial charge in [0, 0.05) is 35.2 Å². The first-order valence-corrected chi connectivity index (χ1v) is 10.2. The first-order valence-electron chi connectivity index (χ1n) is 9.46. The van der Waals surface area contributed by atoms with Crippen LogP contribution in [0.1, 0.15) is 41.4 Å². The summed E-state index contributed by atoms with van der Waals surface area (Å²) in [5.74, 6) is 0.486. The number of nitrogens with zero attached hydrogens (tertiary/aromatic N) is 1. The molecule has 2 aromatic rings. The van der Waals surface area contributed by atoms with Crippen LogP contribution < -0.4 is 16.0 Å². The number of rotatable bonds is 8. The summed E-state index contributed by atoms with van der Waals surface area (Å²) < 4.78 is 0. The van der Waals surface area contributed by atoms with Crippen molar-refractivity contribution >= 4 is 59.0 Å². The van der Waals surface area contributed by atoms with E-state index < -0.39 is 6.10 Å². The van der Waals surface area contributed by atoms with Gasteiger partial charge in [0.1, 0.15) is 0 Å². The van der Waals surface area contributed by atoms with Gasteiger partial charge in [-0.15, -0.1) is 24.0 Å². The Labute approximate surface area is 204 Å². The van der Waals surface area contributed by atoms with E-state index in [0.29, 0.717) is 46.8 Å². The molecule has 164 valence electrons. The third kappa shape index (κ3) is 8.67. The first kappa shape index (κ1) is 26.5. The van der Waals surface area contributed by atoms with Gasteiger partial charge >= 0.3 is 0 Å². The number of hydrogen-bond acceptors (Lipinski definition) is 3. The molecule has 30 heavy (non-hydrogen) atoms. The number of nitrogens with one attached hydrogen (secondary N) is 3. The van der Waals surface area contributed by atoms with E-state index in [0.717, 1.165) is 5.56 Å². The molecule has 2 aromatic carbocycles. The third-order valence-corrected chi connectivity index (χ3v) is 4.49. The van der Waals surface area contributed by atoms with Crippen LogP contribution in [0.4, 0.5) is 0 Å². The average Bonchev–Trinajstić information content (AvgIpc) is 2.69. The van der Waals surface area contributed by atoms with Gasteiger partial charge in [0.15, 0.2) is 5.96 Å². The Morgan fingerprint density at radius 1 is 1.00 bits per heavy atom. The van der Waals surface area contributed by atoms with Crippen molar-refractivity contribution in [3.63, 3.8) is 0 Å². The fourth-order valence-corrected chi connectivity index (χ4v) is 3.16. The van der Waals surface area contributed by atoms with Crippen molar-refractivity contribution in [1.29, 1.82) is 0 Å². The number of benzene rings is 2. The molecule has 0 aliphatic heterocycles. The van der Waals surface area contributed by atoms with E-state index >= 15 is 0 Å². The molecule has 6 nitrogen and oxygen atoms in total. The summed E-state index contributed by atoms with van der Waals surface area (Å²) in [6.45, 7) is 5.80. The number of carbonyl (C=O) groups excluding carboxylic acids is 1. The van der Waals surface area contributed by atoms with E-state index in [1.807, 2.05) is 26.0 Å². The van der Waals surface area contributed by atoms with Crippen LogP contribution in [0.5, 0.6) is 0 Å². The van der Waals surface area contributed by atoms with Crippen LogP contribution in [-0.2, 0) is 6.54 Å². The van der Waals surface area contributed by atoms with Gasteiger partial charge in [-0.05, 0) is 55.3 Å². The Bertz CT molecular complexity index is 827. The molecular formula is C21H27Cl2IN4O2. The van der Waals surface area contributed by atoms with Gasteiger partial charge in [0.05, 0.1) is 12.6 Å². The van der Waals surface area contributed by atoms with Gasteiger partial charge in [-0.2, -0.15) is 0 Å². The fourth-order valence-electron chi connectivity index (χ4n) is 2.61. The van der Waals surface area contributed by atoms with Gasteiger partial charge in [0.2, 0.25) is 0 Å². The molecule has 0 spiro atoms. The number of aliphatic hydroxyl groups is 1. The minimum atomic E-state index is -0.786. The summed E-state index contributed by atoms with van der Waals surface area (Å²) in [4.78, 5) is 16.3. The summed E-state index contributed by atoms with van der Waals surface area (Å²) in [5, 5.41) is 20.4. The van der Waals surface area contributed by atoms with Crippen LogP contribution in [0.3, 0.4) is 0 Å². The first-order chi connectivity index (χ1) is 13.9. The van der Waals surface area contributed by atoms with E-state index in [9.17, 15) is 9.90 Å². The molecule has 0 heterocycles. The highest BCUT2D eigenvalue weighted by Crippen LogP contribution is 2.23. The number of aliphatic hydroxyl groups excluding tert-OH is 1. The van der Waals surface area contributed by atoms with Crippen molar-refractivity contribution in [2.45, 2.75) is 26.5 Å². The average molecular weight is 565 g/mol. The van der Waals surface area contributed by atoms with Crippen molar-refractivity contribution in [3.8, 4) is 0 Å². The molecule has 1 unspecified atom stereocenters. The molecule has 9 heteroatoms. The van der Waals surface area contributed by atoms with E-state index in [-0.39, 0.29) is 36.4 Å². The van der Waals surface area contributed by atoms with Crippen LogP contribution in [0.25, 0.3) is 0 Å². The van der Waals surface area contributed by atoms with E-state index in [4.69, 9.17) is 23.2 Å². The van der Waals surface area contributed by atoms with Crippen LogP contribution >= 0.6 is 47.2 Å². The zero-order chi connectivity index (χ0) is 21.2. The highest BCUT2D eigenvalue weighted by Gasteiger charge is 2.10. The summed E-state index contributed by atoms with van der Waals surface area (Å²) in [6.07, 6.45) is -0.786. The second-order valence-corrected chi connectivity index (χ2v) is 7.22. The standard InChI is InChI=1S/C21H26Cl2N4O2.HI/c1-3-24-20(29)15-7-5-14(6-8-15)12-26-21(25-4-2)27-13-19(28)16-9-17(22)11-18(23)10-16;/h5-11,19,28H,3-4,12-13H2,1-2H3,(H,24,29)(H2,25,26,27);1H. The quantitative estimate of drug-likeness (QED) is 0.220. The number of amides is 1. The van der Waals surface area contributed by atoms with Crippen molar-refractivity contribution < 1.29 is 9.90 Å². The van der Waals surface area contributed by atoms with Gasteiger partial charge < -0.3 is 21.1 Å². The monoisotopic (exact) mass is 564 g/mol. The topological polar surface area (TPSA) is 85.8 Å². The number of carbonyl (C=O) groups is 1. The summed E-state index contributed by atoms with van der Waals surface area (Å²) in [6, 6.07) is 12.3. The van der Waals surface area contributed by atoms with E-state index in [1.165, 1.54) is 0 Å². The lowest BCUT2D eigenvalue weighted by molar-refractivity contribution is 0.0956. The summed E-state index contributed by atoms with van der Waals surface area (Å²) in [5.41, 5.74) is 2.22. The minimum absolute atomic E-state index is 0. The Hall–Kier alpha value is -1.55. The largest absolute Gasteiger partial charge is 0.387 e. The lowest BCUT2D eigenvalue weighted by Gasteiger charge is -2.16. The van der Waals surface area contributed by atoms with Crippen molar-refractivity contribution in [2.24, 2.45) is 4.99 Å². The van der Waals surface area contributed by atoms with Crippen molar-refractivity contribution in [2.75, 3.05) is 19.6 Å². The Balaban J connectivity index is 0.00000450. The minimum Gasteiger partial charge on any atom is -0.387 e. The van der Waals surface area contributed by atoms with Gasteiger partial charge in [0.25, 0.3) is 5.91 Å². The zero-order valence-electron chi connectivity index (χ0n) is 16.9. The second kappa shape index (κ2) is 13.7. The predicted octanol–water partition coefficient (Wildman–Crippen LogP) is 4.15. The predicted molar refractivity (Wildman–Crippen MR) is 134 cm³/mol. The smallest absolute Gasteiger partial charge is 0.251 e. The second-order valence-electron chi connectivity index (χ2n) is 6.35. The lowest BCUT2D eigenvalue weighted by Crippen LogP contribution is -2.39. The molecule has 1 amide bonds.